The Morgan fingerprint density at radius 3 is 2.00 bits per heavy atom. The lowest BCUT2D eigenvalue weighted by atomic mass is 9.61. The smallest absolute Gasteiger partial charge is 0.235 e. The molecule has 1 saturated carbocycles. The highest BCUT2D eigenvalue weighted by atomic mass is 16.5. The monoisotopic (exact) mass is 542 g/mol. The van der Waals surface area contributed by atoms with Crippen molar-refractivity contribution in [1.29, 1.82) is 0 Å². The Morgan fingerprint density at radius 1 is 0.850 bits per heavy atom. The largest absolute Gasteiger partial charge is 0.494 e. The summed E-state index contributed by atoms with van der Waals surface area (Å²) < 4.78 is 5.89. The number of ether oxygens (including phenoxy) is 1. The predicted octanol–water partition coefficient (Wildman–Crippen LogP) is 5.96. The van der Waals surface area contributed by atoms with Crippen molar-refractivity contribution in [1.82, 2.24) is 0 Å². The number of amides is 2. The highest BCUT2D eigenvalue weighted by Gasteiger charge is 2.55. The van der Waals surface area contributed by atoms with Crippen LogP contribution in [0.25, 0.3) is 0 Å². The van der Waals surface area contributed by atoms with Gasteiger partial charge in [-0.1, -0.05) is 74.7 Å². The number of hydrogen-bond acceptors (Lipinski definition) is 5. The van der Waals surface area contributed by atoms with E-state index in [1.807, 2.05) is 12.1 Å². The van der Waals surface area contributed by atoms with Crippen LogP contribution in [0.4, 0.5) is 11.4 Å². The number of unbranched alkanes of at least 4 members (excludes halogenated alkanes) is 3. The minimum Gasteiger partial charge on any atom is -0.494 e. The Labute approximate surface area is 236 Å². The molecule has 0 aliphatic heterocycles. The Balaban J connectivity index is 1.66. The van der Waals surface area contributed by atoms with Gasteiger partial charge in [-0.15, -0.1) is 0 Å². The number of Topliss-reactive ketones (excluding diaryl/α,β-unsaturated/α-hetero) is 1. The molecule has 3 N–H and O–H groups in total. The lowest BCUT2D eigenvalue weighted by Gasteiger charge is -2.44. The van der Waals surface area contributed by atoms with Crippen LogP contribution in [0.3, 0.4) is 0 Å². The van der Waals surface area contributed by atoms with Crippen LogP contribution in [0.5, 0.6) is 5.75 Å². The van der Waals surface area contributed by atoms with Crippen LogP contribution >= 0.6 is 0 Å². The number of carbonyl (C=O) groups excluding carboxylic acids is 3. The summed E-state index contributed by atoms with van der Waals surface area (Å²) in [4.78, 5) is 40.8. The van der Waals surface area contributed by atoms with Crippen LogP contribution in [0, 0.1) is 11.8 Å². The third-order valence-electron chi connectivity index (χ3n) is 7.45. The third kappa shape index (κ3) is 7.16. The van der Waals surface area contributed by atoms with E-state index >= 15 is 0 Å². The van der Waals surface area contributed by atoms with E-state index in [1.165, 1.54) is 6.92 Å². The summed E-state index contributed by atoms with van der Waals surface area (Å²) >= 11 is 0. The molecule has 1 aliphatic carbocycles. The van der Waals surface area contributed by atoms with E-state index in [-0.39, 0.29) is 6.42 Å². The van der Waals surface area contributed by atoms with E-state index in [1.54, 1.807) is 72.8 Å². The van der Waals surface area contributed by atoms with Gasteiger partial charge >= 0.3 is 0 Å². The number of anilines is 2. The summed E-state index contributed by atoms with van der Waals surface area (Å²) in [5.74, 6) is -3.85. The van der Waals surface area contributed by atoms with Crippen LogP contribution < -0.4 is 15.4 Å². The summed E-state index contributed by atoms with van der Waals surface area (Å²) in [7, 11) is 0. The van der Waals surface area contributed by atoms with Crippen LogP contribution in [-0.2, 0) is 14.4 Å². The standard InChI is InChI=1S/C33H38N2O5/c1-3-4-5-12-21-40-26-19-17-23(18-20-26)28-29(31(37)34-24-13-8-6-9-14-24)27(36)22-33(2,39)30(28)32(38)35-25-15-10-7-11-16-25/h6-11,13-20,28-30,39H,3-5,12,21-22H2,1-2H3,(H,34,37)(H,35,38). The van der Waals surface area contributed by atoms with Gasteiger partial charge in [-0.3, -0.25) is 14.4 Å². The lowest BCUT2D eigenvalue weighted by molar-refractivity contribution is -0.150. The molecule has 0 radical (unpaired) electrons. The number of nitrogens with one attached hydrogen (secondary N) is 2. The molecule has 0 bridgehead atoms. The van der Waals surface area contributed by atoms with Gasteiger partial charge in [-0.25, -0.2) is 0 Å². The molecule has 4 rings (SSSR count). The van der Waals surface area contributed by atoms with Crippen LogP contribution in [0.2, 0.25) is 0 Å². The fourth-order valence-electron chi connectivity index (χ4n) is 5.48. The van der Waals surface area contributed by atoms with Gasteiger partial charge in [-0.2, -0.15) is 0 Å². The average Bonchev–Trinajstić information content (AvgIpc) is 2.93. The van der Waals surface area contributed by atoms with Gasteiger partial charge in [0.2, 0.25) is 11.8 Å². The Morgan fingerprint density at radius 2 is 1.43 bits per heavy atom. The number of carbonyl (C=O) groups is 3. The first kappa shape index (κ1) is 29.0. The summed E-state index contributed by atoms with van der Waals surface area (Å²) in [6.45, 7) is 4.25. The van der Waals surface area contributed by atoms with Gasteiger partial charge in [0.05, 0.1) is 18.1 Å². The first-order valence-electron chi connectivity index (χ1n) is 14.0. The van der Waals surface area contributed by atoms with Crippen molar-refractivity contribution in [2.75, 3.05) is 17.2 Å². The van der Waals surface area contributed by atoms with Gasteiger partial charge in [0.15, 0.2) is 0 Å². The molecule has 40 heavy (non-hydrogen) atoms. The van der Waals surface area contributed by atoms with Crippen LogP contribution in [0.15, 0.2) is 84.9 Å². The summed E-state index contributed by atoms with van der Waals surface area (Å²) in [5, 5.41) is 17.2. The van der Waals surface area contributed by atoms with E-state index in [4.69, 9.17) is 4.74 Å². The topological polar surface area (TPSA) is 105 Å². The number of rotatable bonds is 11. The SMILES string of the molecule is CCCCCCOc1ccc(C2C(C(=O)Nc3ccccc3)C(=O)CC(C)(O)C2C(=O)Nc2ccccc2)cc1. The van der Waals surface area contributed by atoms with E-state index in [9.17, 15) is 19.5 Å². The predicted molar refractivity (Wildman–Crippen MR) is 156 cm³/mol. The van der Waals surface area contributed by atoms with E-state index in [0.29, 0.717) is 29.3 Å². The quantitative estimate of drug-likeness (QED) is 0.205. The Kier molecular flexibility index (Phi) is 9.72. The van der Waals surface area contributed by atoms with Crippen molar-refractivity contribution in [3.8, 4) is 5.75 Å². The minimum absolute atomic E-state index is 0.317. The molecule has 0 spiro atoms. The molecule has 7 nitrogen and oxygen atoms in total. The molecule has 7 heteroatoms. The normalized spacial score (nSPS) is 22.4. The maximum Gasteiger partial charge on any atom is 0.235 e. The molecule has 1 aliphatic rings. The van der Waals surface area contributed by atoms with Gasteiger partial charge in [0.1, 0.15) is 17.5 Å². The van der Waals surface area contributed by atoms with Crippen molar-refractivity contribution in [3.05, 3.63) is 90.5 Å². The highest BCUT2D eigenvalue weighted by molar-refractivity contribution is 6.10. The zero-order chi connectivity index (χ0) is 28.5. The zero-order valence-electron chi connectivity index (χ0n) is 23.1. The van der Waals surface area contributed by atoms with Gasteiger partial charge in [-0.05, 0) is 55.3 Å². The lowest BCUT2D eigenvalue weighted by Crippen LogP contribution is -2.56. The van der Waals surface area contributed by atoms with Crippen molar-refractivity contribution >= 4 is 29.0 Å². The molecular weight excluding hydrogens is 504 g/mol. The van der Waals surface area contributed by atoms with Crippen molar-refractivity contribution in [2.45, 2.75) is 57.5 Å². The second-order valence-corrected chi connectivity index (χ2v) is 10.7. The summed E-state index contributed by atoms with van der Waals surface area (Å²) in [5.41, 5.74) is 0.0520. The maximum atomic E-state index is 13.8. The average molecular weight is 543 g/mol. The van der Waals surface area contributed by atoms with E-state index in [0.717, 1.165) is 25.7 Å². The van der Waals surface area contributed by atoms with Crippen LogP contribution in [-0.4, -0.2) is 34.9 Å². The van der Waals surface area contributed by atoms with Gasteiger partial charge in [0.25, 0.3) is 0 Å². The molecular formula is C33H38N2O5. The number of benzene rings is 3. The van der Waals surface area contributed by atoms with Gasteiger partial charge < -0.3 is 20.5 Å². The number of para-hydroxylation sites is 2. The molecule has 4 atom stereocenters. The number of aliphatic hydroxyl groups is 1. The zero-order valence-corrected chi connectivity index (χ0v) is 23.1. The van der Waals surface area contributed by atoms with Crippen molar-refractivity contribution in [2.24, 2.45) is 11.8 Å². The third-order valence-corrected chi connectivity index (χ3v) is 7.45. The number of ketones is 1. The minimum atomic E-state index is -1.67. The molecule has 2 amide bonds. The van der Waals surface area contributed by atoms with Crippen molar-refractivity contribution in [3.63, 3.8) is 0 Å². The Hall–Kier alpha value is -3.97. The van der Waals surface area contributed by atoms with E-state index < -0.39 is 41.0 Å². The molecule has 4 unspecified atom stereocenters. The fourth-order valence-corrected chi connectivity index (χ4v) is 5.48. The molecule has 3 aromatic carbocycles. The maximum absolute atomic E-state index is 13.8. The van der Waals surface area contributed by atoms with Crippen LogP contribution in [0.1, 0.15) is 57.4 Å². The molecule has 0 saturated heterocycles. The second kappa shape index (κ2) is 13.4. The molecule has 0 aromatic heterocycles. The number of hydrogen-bond donors (Lipinski definition) is 3. The first-order chi connectivity index (χ1) is 19.3. The van der Waals surface area contributed by atoms with Crippen molar-refractivity contribution < 1.29 is 24.2 Å². The second-order valence-electron chi connectivity index (χ2n) is 10.7. The molecule has 3 aromatic rings. The first-order valence-corrected chi connectivity index (χ1v) is 14.0. The highest BCUT2D eigenvalue weighted by Crippen LogP contribution is 2.47. The Bertz CT molecular complexity index is 1280. The fraction of sp³-hybridized carbons (Fsp3) is 0.364. The van der Waals surface area contributed by atoms with E-state index in [2.05, 4.69) is 17.6 Å². The summed E-state index contributed by atoms with van der Waals surface area (Å²) in [6, 6.07) is 25.0. The molecule has 1 fully saturated rings. The molecule has 0 heterocycles. The molecule has 210 valence electrons. The summed E-state index contributed by atoms with van der Waals surface area (Å²) in [6.07, 6.45) is 4.05. The van der Waals surface area contributed by atoms with Gasteiger partial charge in [0, 0.05) is 23.7 Å².